The van der Waals surface area contributed by atoms with Crippen LogP contribution in [-0.4, -0.2) is 29.3 Å². The second kappa shape index (κ2) is 8.89. The number of phenolic OH excluding ortho intramolecular Hbond substituents is 1. The lowest BCUT2D eigenvalue weighted by Crippen LogP contribution is -2.36. The van der Waals surface area contributed by atoms with E-state index in [0.29, 0.717) is 6.54 Å². The molecular weight excluding hydrogens is 372 g/mol. The molecule has 0 spiro atoms. The van der Waals surface area contributed by atoms with Crippen LogP contribution in [0.3, 0.4) is 0 Å². The Morgan fingerprint density at radius 1 is 1.14 bits per heavy atom. The van der Waals surface area contributed by atoms with Crippen molar-refractivity contribution in [3.05, 3.63) is 53.0 Å². The first-order valence-corrected chi connectivity index (χ1v) is 10.2. The molecule has 3 aromatic rings. The highest BCUT2D eigenvalue weighted by Crippen LogP contribution is 2.27. The molecule has 1 aromatic heterocycles. The highest BCUT2D eigenvalue weighted by atomic mass is 32.1. The number of fused-ring (bicyclic) bond motifs is 1. The summed E-state index contributed by atoms with van der Waals surface area (Å²) in [7, 11) is 0. The van der Waals surface area contributed by atoms with Crippen molar-refractivity contribution in [1.29, 1.82) is 0 Å². The van der Waals surface area contributed by atoms with E-state index in [1.807, 2.05) is 53.1 Å². The summed E-state index contributed by atoms with van der Waals surface area (Å²) in [5, 5.41) is 20.5. The van der Waals surface area contributed by atoms with E-state index in [1.54, 1.807) is 17.4 Å². The standard InChI is InChI=1S/C22H24N2O3S/c1-3-23(4-2)17-11-9-16(19(25)15-17)10-12-21-24(14-13-22(26)27)18-7-5-6-8-20(18)28-21/h5-12,15H,3-4,13-14H2,1-2H3,(H,26,27)/p+1. The van der Waals surface area contributed by atoms with E-state index < -0.39 is 5.97 Å². The fourth-order valence-electron chi connectivity index (χ4n) is 3.23. The molecule has 2 aromatic carbocycles. The van der Waals surface area contributed by atoms with Crippen LogP contribution in [0, 0.1) is 0 Å². The predicted molar refractivity (Wildman–Crippen MR) is 115 cm³/mol. The smallest absolute Gasteiger partial charge is 0.309 e. The molecule has 0 saturated heterocycles. The molecule has 0 aliphatic carbocycles. The van der Waals surface area contributed by atoms with Crippen LogP contribution in [0.5, 0.6) is 5.75 Å². The molecule has 0 unspecified atom stereocenters. The number of carbonyl (C=O) groups is 1. The number of carboxylic acid groups (broad SMARTS) is 1. The van der Waals surface area contributed by atoms with E-state index in [4.69, 9.17) is 5.11 Å². The molecule has 146 valence electrons. The molecule has 0 aliphatic rings. The highest BCUT2D eigenvalue weighted by molar-refractivity contribution is 7.18. The number of aryl methyl sites for hydroxylation is 1. The minimum absolute atomic E-state index is 0.0655. The fraction of sp³-hybridized carbons (Fsp3) is 0.273. The van der Waals surface area contributed by atoms with Crippen molar-refractivity contribution in [1.82, 2.24) is 0 Å². The van der Waals surface area contributed by atoms with Crippen LogP contribution in [0.25, 0.3) is 22.4 Å². The number of phenols is 1. The van der Waals surface area contributed by atoms with Gasteiger partial charge in [0, 0.05) is 42.5 Å². The molecule has 0 bridgehead atoms. The number of hydrogen-bond acceptors (Lipinski definition) is 4. The monoisotopic (exact) mass is 397 g/mol. The molecule has 2 N–H and O–H groups in total. The van der Waals surface area contributed by atoms with Gasteiger partial charge in [-0.3, -0.25) is 4.79 Å². The maximum atomic E-state index is 11.0. The molecule has 0 saturated carbocycles. The number of aromatic nitrogens is 1. The molecule has 3 rings (SSSR count). The molecule has 0 radical (unpaired) electrons. The lowest BCUT2D eigenvalue weighted by molar-refractivity contribution is -0.667. The van der Waals surface area contributed by atoms with Gasteiger partial charge in [0.25, 0.3) is 5.01 Å². The van der Waals surface area contributed by atoms with Gasteiger partial charge in [-0.2, -0.15) is 4.57 Å². The average molecular weight is 398 g/mol. The van der Waals surface area contributed by atoms with Gasteiger partial charge in [0.2, 0.25) is 5.52 Å². The molecule has 0 aliphatic heterocycles. The van der Waals surface area contributed by atoms with Crippen LogP contribution >= 0.6 is 11.3 Å². The minimum Gasteiger partial charge on any atom is -0.507 e. The summed E-state index contributed by atoms with van der Waals surface area (Å²) in [5.74, 6) is -0.582. The van der Waals surface area contributed by atoms with Gasteiger partial charge >= 0.3 is 5.97 Å². The lowest BCUT2D eigenvalue weighted by Gasteiger charge is -2.21. The van der Waals surface area contributed by atoms with Crippen molar-refractivity contribution in [2.75, 3.05) is 18.0 Å². The zero-order valence-electron chi connectivity index (χ0n) is 16.1. The van der Waals surface area contributed by atoms with Crippen LogP contribution in [0.15, 0.2) is 42.5 Å². The third-order valence-electron chi connectivity index (χ3n) is 4.73. The van der Waals surface area contributed by atoms with E-state index in [9.17, 15) is 9.90 Å². The second-order valence-electron chi connectivity index (χ2n) is 6.45. The quantitative estimate of drug-likeness (QED) is 0.554. The Balaban J connectivity index is 1.92. The van der Waals surface area contributed by atoms with Gasteiger partial charge in [-0.25, -0.2) is 0 Å². The molecule has 28 heavy (non-hydrogen) atoms. The summed E-state index contributed by atoms with van der Waals surface area (Å²) in [6.45, 7) is 6.36. The number of aliphatic carboxylic acids is 1. The van der Waals surface area contributed by atoms with E-state index in [-0.39, 0.29) is 12.2 Å². The third-order valence-corrected chi connectivity index (χ3v) is 5.86. The Kier molecular flexibility index (Phi) is 6.31. The Hall–Kier alpha value is -2.86. The fourth-order valence-corrected chi connectivity index (χ4v) is 4.33. The Labute approximate surface area is 168 Å². The molecule has 0 amide bonds. The van der Waals surface area contributed by atoms with Gasteiger partial charge in [-0.15, -0.1) is 0 Å². The van der Waals surface area contributed by atoms with Crippen LogP contribution in [0.1, 0.15) is 30.8 Å². The second-order valence-corrected chi connectivity index (χ2v) is 7.51. The predicted octanol–water partition coefficient (Wildman–Crippen LogP) is 4.39. The van der Waals surface area contributed by atoms with Gasteiger partial charge in [-0.05, 0) is 38.1 Å². The molecule has 0 atom stereocenters. The molecular formula is C22H25N2O3S+. The summed E-state index contributed by atoms with van der Waals surface area (Å²) < 4.78 is 3.13. The molecule has 1 heterocycles. The Bertz CT molecular complexity index is 1010. The zero-order chi connectivity index (χ0) is 20.1. The molecule has 6 heteroatoms. The van der Waals surface area contributed by atoms with Gasteiger partial charge in [0.05, 0.1) is 0 Å². The summed E-state index contributed by atoms with van der Waals surface area (Å²) in [6, 6.07) is 13.7. The first kappa shape index (κ1) is 19.9. The Morgan fingerprint density at radius 2 is 1.89 bits per heavy atom. The number of rotatable bonds is 8. The summed E-state index contributed by atoms with van der Waals surface area (Å²) >= 11 is 1.61. The van der Waals surface area contributed by atoms with Crippen molar-refractivity contribution in [2.24, 2.45) is 0 Å². The van der Waals surface area contributed by atoms with Gasteiger partial charge in [0.1, 0.15) is 16.9 Å². The van der Waals surface area contributed by atoms with Gasteiger partial charge in [0.15, 0.2) is 6.54 Å². The van der Waals surface area contributed by atoms with Crippen molar-refractivity contribution in [3.63, 3.8) is 0 Å². The number of hydrogen-bond donors (Lipinski definition) is 2. The number of nitrogens with zero attached hydrogens (tertiary/aromatic N) is 2. The highest BCUT2D eigenvalue weighted by Gasteiger charge is 2.19. The van der Waals surface area contributed by atoms with Gasteiger partial charge in [-0.1, -0.05) is 23.5 Å². The summed E-state index contributed by atoms with van der Waals surface area (Å²) in [5.41, 5.74) is 2.76. The van der Waals surface area contributed by atoms with E-state index in [2.05, 4.69) is 18.7 Å². The number of anilines is 1. The van der Waals surface area contributed by atoms with Crippen molar-refractivity contribution in [2.45, 2.75) is 26.8 Å². The van der Waals surface area contributed by atoms with E-state index in [0.717, 1.165) is 39.6 Å². The third kappa shape index (κ3) is 4.34. The first-order chi connectivity index (χ1) is 13.5. The molecule has 0 fully saturated rings. The normalized spacial score (nSPS) is 11.4. The number of para-hydroxylation sites is 1. The SMILES string of the molecule is CCN(CC)c1ccc(/C=C/c2sc3ccccc3[n+]2CCC(=O)O)c(O)c1. The topological polar surface area (TPSA) is 64.7 Å². The van der Waals surface area contributed by atoms with Crippen molar-refractivity contribution in [3.8, 4) is 5.75 Å². The van der Waals surface area contributed by atoms with Crippen LogP contribution in [0.2, 0.25) is 0 Å². The summed E-state index contributed by atoms with van der Waals surface area (Å²) in [6.07, 6.45) is 3.89. The average Bonchev–Trinajstić information content (AvgIpc) is 3.04. The van der Waals surface area contributed by atoms with Gasteiger partial charge < -0.3 is 15.1 Å². The van der Waals surface area contributed by atoms with E-state index in [1.165, 1.54) is 0 Å². The first-order valence-electron chi connectivity index (χ1n) is 9.42. The number of aromatic hydroxyl groups is 1. The largest absolute Gasteiger partial charge is 0.507 e. The van der Waals surface area contributed by atoms with Crippen molar-refractivity contribution >= 4 is 45.4 Å². The maximum absolute atomic E-state index is 11.0. The van der Waals surface area contributed by atoms with Crippen LogP contribution in [-0.2, 0) is 11.3 Å². The maximum Gasteiger partial charge on any atom is 0.309 e. The number of benzene rings is 2. The number of carboxylic acids is 1. The van der Waals surface area contributed by atoms with E-state index >= 15 is 0 Å². The van der Waals surface area contributed by atoms with Crippen LogP contribution in [0.4, 0.5) is 5.69 Å². The van der Waals surface area contributed by atoms with Crippen LogP contribution < -0.4 is 9.47 Å². The Morgan fingerprint density at radius 3 is 2.57 bits per heavy atom. The number of thiazole rings is 1. The molecule has 5 nitrogen and oxygen atoms in total. The lowest BCUT2D eigenvalue weighted by atomic mass is 10.1. The summed E-state index contributed by atoms with van der Waals surface area (Å²) in [4.78, 5) is 13.2. The zero-order valence-corrected chi connectivity index (χ0v) is 16.9. The van der Waals surface area contributed by atoms with Crippen molar-refractivity contribution < 1.29 is 19.6 Å². The minimum atomic E-state index is -0.817.